The summed E-state index contributed by atoms with van der Waals surface area (Å²) in [6.45, 7) is 0. The molecule has 1 saturated carbocycles. The molecule has 0 aromatic heterocycles. The molecule has 76 valence electrons. The van der Waals surface area contributed by atoms with Gasteiger partial charge in [0, 0.05) is 0 Å². The van der Waals surface area contributed by atoms with Gasteiger partial charge in [-0.2, -0.15) is 0 Å². The summed E-state index contributed by atoms with van der Waals surface area (Å²) in [5.74, 6) is -1.66. The molecule has 0 bridgehead atoms. The molecule has 1 fully saturated rings. The maximum absolute atomic E-state index is 11.6. The van der Waals surface area contributed by atoms with Crippen LogP contribution in [0, 0.1) is 5.92 Å². The molecular weight excluding hydrogens is 185 g/mol. The van der Waals surface area contributed by atoms with E-state index in [1.165, 1.54) is 0 Å². The van der Waals surface area contributed by atoms with Crippen molar-refractivity contribution < 1.29 is 22.7 Å². The van der Waals surface area contributed by atoms with Crippen LogP contribution in [0.25, 0.3) is 0 Å². The Morgan fingerprint density at radius 1 is 1.15 bits per heavy atom. The van der Waals surface area contributed by atoms with E-state index in [0.717, 1.165) is 19.3 Å². The van der Waals surface area contributed by atoms with Gasteiger partial charge < -0.3 is 4.74 Å². The van der Waals surface area contributed by atoms with Crippen molar-refractivity contribution in [3.05, 3.63) is 0 Å². The minimum Gasteiger partial charge on any atom is -0.373 e. The van der Waals surface area contributed by atoms with Crippen LogP contribution in [0.3, 0.4) is 0 Å². The molecule has 0 unspecified atom stereocenters. The average Bonchev–Trinajstić information content (AvgIpc) is 2.03. The molecule has 0 N–H and O–H groups in total. The number of hydrogen-bond donors (Lipinski definition) is 0. The van der Waals surface area contributed by atoms with Gasteiger partial charge >= 0.3 is 12.3 Å². The van der Waals surface area contributed by atoms with Crippen LogP contribution >= 0.6 is 0 Å². The summed E-state index contributed by atoms with van der Waals surface area (Å²) < 4.78 is 38.2. The van der Waals surface area contributed by atoms with Crippen LogP contribution in [0.1, 0.15) is 32.1 Å². The van der Waals surface area contributed by atoms with Crippen LogP contribution in [0.2, 0.25) is 0 Å². The highest BCUT2D eigenvalue weighted by Crippen LogP contribution is 2.27. The first kappa shape index (κ1) is 10.3. The lowest BCUT2D eigenvalue weighted by Crippen LogP contribution is -2.27. The van der Waals surface area contributed by atoms with Crippen molar-refractivity contribution in [2.75, 3.05) is 0 Å². The van der Waals surface area contributed by atoms with Crippen molar-refractivity contribution in [2.45, 2.75) is 38.5 Å². The minimum atomic E-state index is -4.82. The molecule has 0 saturated heterocycles. The van der Waals surface area contributed by atoms with Gasteiger partial charge in [-0.15, -0.1) is 13.2 Å². The van der Waals surface area contributed by atoms with Gasteiger partial charge in [0.05, 0.1) is 5.92 Å². The Morgan fingerprint density at radius 2 is 1.69 bits per heavy atom. The molecule has 0 heterocycles. The summed E-state index contributed by atoms with van der Waals surface area (Å²) in [5.41, 5.74) is 0. The molecule has 0 radical (unpaired) electrons. The van der Waals surface area contributed by atoms with E-state index in [1.54, 1.807) is 0 Å². The standard InChI is InChI=1S/C8H11F3O2/c9-8(10,11)13-7(12)6-4-2-1-3-5-6/h6H,1-5H2. The van der Waals surface area contributed by atoms with Crippen LogP contribution in [-0.4, -0.2) is 12.3 Å². The van der Waals surface area contributed by atoms with E-state index < -0.39 is 18.2 Å². The zero-order valence-electron chi connectivity index (χ0n) is 7.06. The highest BCUT2D eigenvalue weighted by Gasteiger charge is 2.36. The molecule has 0 aliphatic heterocycles. The molecule has 0 aromatic rings. The van der Waals surface area contributed by atoms with Crippen molar-refractivity contribution in [3.63, 3.8) is 0 Å². The van der Waals surface area contributed by atoms with Gasteiger partial charge in [0.1, 0.15) is 0 Å². The van der Waals surface area contributed by atoms with Gasteiger partial charge in [-0.1, -0.05) is 19.3 Å². The van der Waals surface area contributed by atoms with E-state index in [9.17, 15) is 18.0 Å². The third kappa shape index (κ3) is 3.65. The predicted octanol–water partition coefficient (Wildman–Crippen LogP) is 2.63. The summed E-state index contributed by atoms with van der Waals surface area (Å²) >= 11 is 0. The average molecular weight is 196 g/mol. The fraction of sp³-hybridized carbons (Fsp3) is 0.875. The monoisotopic (exact) mass is 196 g/mol. The van der Waals surface area contributed by atoms with Gasteiger partial charge in [-0.3, -0.25) is 4.79 Å². The maximum Gasteiger partial charge on any atom is 0.575 e. The van der Waals surface area contributed by atoms with E-state index in [-0.39, 0.29) is 0 Å². The largest absolute Gasteiger partial charge is 0.575 e. The van der Waals surface area contributed by atoms with Crippen LogP contribution in [0.5, 0.6) is 0 Å². The summed E-state index contributed by atoms with van der Waals surface area (Å²) in [6.07, 6.45) is -1.15. The van der Waals surface area contributed by atoms with E-state index in [0.29, 0.717) is 12.8 Å². The van der Waals surface area contributed by atoms with Crippen LogP contribution in [0.4, 0.5) is 13.2 Å². The van der Waals surface area contributed by atoms with Gasteiger partial charge in [-0.05, 0) is 12.8 Å². The second-order valence-electron chi connectivity index (χ2n) is 3.20. The van der Waals surface area contributed by atoms with Gasteiger partial charge in [-0.25, -0.2) is 0 Å². The van der Waals surface area contributed by atoms with E-state index in [1.807, 2.05) is 0 Å². The number of rotatable bonds is 1. The maximum atomic E-state index is 11.6. The Bertz CT molecular complexity index is 182. The Hall–Kier alpha value is -0.740. The molecule has 1 rings (SSSR count). The summed E-state index contributed by atoms with van der Waals surface area (Å²) in [5, 5.41) is 0. The zero-order valence-corrected chi connectivity index (χ0v) is 7.06. The number of halogens is 3. The molecule has 1 aliphatic rings. The lowest BCUT2D eigenvalue weighted by molar-refractivity contribution is -0.308. The molecule has 0 atom stereocenters. The smallest absolute Gasteiger partial charge is 0.373 e. The molecule has 0 spiro atoms. The first-order chi connectivity index (χ1) is 5.99. The van der Waals surface area contributed by atoms with Crippen LogP contribution < -0.4 is 0 Å². The fourth-order valence-electron chi connectivity index (χ4n) is 1.54. The Balaban J connectivity index is 2.38. The number of carbonyl (C=O) groups excluding carboxylic acids is 1. The summed E-state index contributed by atoms with van der Waals surface area (Å²) in [7, 11) is 0. The highest BCUT2D eigenvalue weighted by atomic mass is 19.4. The molecular formula is C8H11F3O2. The number of alkyl halides is 3. The lowest BCUT2D eigenvalue weighted by atomic mass is 9.89. The molecule has 0 aromatic carbocycles. The van der Waals surface area contributed by atoms with E-state index >= 15 is 0 Å². The van der Waals surface area contributed by atoms with Crippen molar-refractivity contribution in [1.29, 1.82) is 0 Å². The van der Waals surface area contributed by atoms with Gasteiger partial charge in [0.15, 0.2) is 0 Å². The Labute approximate surface area is 74.1 Å². The minimum absolute atomic E-state index is 0.523. The van der Waals surface area contributed by atoms with E-state index in [4.69, 9.17) is 0 Å². The van der Waals surface area contributed by atoms with Crippen LogP contribution in [-0.2, 0) is 9.53 Å². The van der Waals surface area contributed by atoms with Crippen LogP contribution in [0.15, 0.2) is 0 Å². The Kier molecular flexibility index (Phi) is 3.17. The number of carbonyl (C=O) groups is 1. The quantitative estimate of drug-likeness (QED) is 0.602. The third-order valence-electron chi connectivity index (χ3n) is 2.15. The zero-order chi connectivity index (χ0) is 9.90. The van der Waals surface area contributed by atoms with Gasteiger partial charge in [0.2, 0.25) is 0 Å². The lowest BCUT2D eigenvalue weighted by Gasteiger charge is -2.20. The third-order valence-corrected chi connectivity index (χ3v) is 2.15. The number of hydrogen-bond acceptors (Lipinski definition) is 2. The number of esters is 1. The predicted molar refractivity (Wildman–Crippen MR) is 38.7 cm³/mol. The second-order valence-corrected chi connectivity index (χ2v) is 3.20. The van der Waals surface area contributed by atoms with Crippen molar-refractivity contribution in [3.8, 4) is 0 Å². The van der Waals surface area contributed by atoms with E-state index in [2.05, 4.69) is 4.74 Å². The fourth-order valence-corrected chi connectivity index (χ4v) is 1.54. The normalized spacial score (nSPS) is 19.9. The first-order valence-electron chi connectivity index (χ1n) is 4.28. The SMILES string of the molecule is O=C(OC(F)(F)F)C1CCCCC1. The first-order valence-corrected chi connectivity index (χ1v) is 4.28. The van der Waals surface area contributed by atoms with Crippen molar-refractivity contribution in [1.82, 2.24) is 0 Å². The molecule has 0 amide bonds. The molecule has 1 aliphatic carbocycles. The van der Waals surface area contributed by atoms with Crippen molar-refractivity contribution >= 4 is 5.97 Å². The van der Waals surface area contributed by atoms with Gasteiger partial charge in [0.25, 0.3) is 0 Å². The topological polar surface area (TPSA) is 26.3 Å². The molecule has 5 heteroatoms. The Morgan fingerprint density at radius 3 is 2.15 bits per heavy atom. The summed E-state index contributed by atoms with van der Waals surface area (Å²) in [6, 6.07) is 0. The highest BCUT2D eigenvalue weighted by molar-refractivity contribution is 5.72. The van der Waals surface area contributed by atoms with Crippen molar-refractivity contribution in [2.24, 2.45) is 5.92 Å². The number of ether oxygens (including phenoxy) is 1. The molecule has 2 nitrogen and oxygen atoms in total. The summed E-state index contributed by atoms with van der Waals surface area (Å²) in [4.78, 5) is 10.9. The second kappa shape index (κ2) is 3.98. The molecule has 13 heavy (non-hydrogen) atoms.